The molecule has 1 fully saturated rings. The Morgan fingerprint density at radius 1 is 1.48 bits per heavy atom. The van der Waals surface area contributed by atoms with E-state index in [9.17, 15) is 4.79 Å². The molecule has 124 valence electrons. The van der Waals surface area contributed by atoms with E-state index in [2.05, 4.69) is 39.4 Å². The molecule has 0 unspecified atom stereocenters. The summed E-state index contributed by atoms with van der Waals surface area (Å²) >= 11 is 1.55. The van der Waals surface area contributed by atoms with E-state index < -0.39 is 0 Å². The number of hydrogen-bond acceptors (Lipinski definition) is 6. The lowest BCUT2D eigenvalue weighted by Gasteiger charge is -2.32. The molecule has 1 saturated heterocycles. The number of carbonyl (C=O) groups excluding carboxylic acids is 1. The minimum atomic E-state index is -0.0592. The highest BCUT2D eigenvalue weighted by atomic mass is 32.1. The van der Waals surface area contributed by atoms with Gasteiger partial charge < -0.3 is 10.2 Å². The van der Waals surface area contributed by atoms with E-state index in [4.69, 9.17) is 0 Å². The molecule has 2 aromatic rings. The minimum Gasteiger partial charge on any atom is -0.331 e. The molecule has 0 spiro atoms. The molecule has 1 N–H and O–H groups in total. The van der Waals surface area contributed by atoms with Crippen LogP contribution in [0.3, 0.4) is 0 Å². The first-order valence-electron chi connectivity index (χ1n) is 7.82. The Labute approximate surface area is 138 Å². The molecule has 1 atom stereocenters. The van der Waals surface area contributed by atoms with E-state index in [0.29, 0.717) is 19.0 Å². The Bertz CT molecular complexity index is 639. The maximum Gasteiger partial charge on any atom is 0.317 e. The zero-order chi connectivity index (χ0) is 16.2. The molecule has 0 aromatic carbocycles. The average Bonchev–Trinajstić information content (AvgIpc) is 3.24. The molecule has 3 heterocycles. The number of carbonyl (C=O) groups is 1. The maximum absolute atomic E-state index is 12.4. The van der Waals surface area contributed by atoms with Gasteiger partial charge in [-0.1, -0.05) is 25.2 Å². The summed E-state index contributed by atoms with van der Waals surface area (Å²) in [7, 11) is 0. The molecule has 23 heavy (non-hydrogen) atoms. The van der Waals surface area contributed by atoms with Crippen LogP contribution in [0.1, 0.15) is 48.7 Å². The third kappa shape index (κ3) is 3.84. The van der Waals surface area contributed by atoms with E-state index >= 15 is 0 Å². The van der Waals surface area contributed by atoms with Crippen LogP contribution >= 0.6 is 11.3 Å². The first-order chi connectivity index (χ1) is 11.1. The zero-order valence-electron chi connectivity index (χ0n) is 13.3. The Balaban J connectivity index is 1.53. The Kier molecular flexibility index (Phi) is 4.85. The van der Waals surface area contributed by atoms with Crippen molar-refractivity contribution in [3.05, 3.63) is 22.7 Å². The smallest absolute Gasteiger partial charge is 0.317 e. The van der Waals surface area contributed by atoms with Gasteiger partial charge >= 0.3 is 6.03 Å². The second-order valence-corrected chi connectivity index (χ2v) is 7.06. The number of nitrogens with zero attached hydrogens (tertiary/aromatic N) is 6. The second-order valence-electron chi connectivity index (χ2n) is 5.97. The summed E-state index contributed by atoms with van der Waals surface area (Å²) in [5, 5.41) is 17.2. The largest absolute Gasteiger partial charge is 0.331 e. The Morgan fingerprint density at radius 3 is 3.04 bits per heavy atom. The summed E-state index contributed by atoms with van der Waals surface area (Å²) in [4.78, 5) is 18.2. The highest BCUT2D eigenvalue weighted by Gasteiger charge is 2.25. The molecule has 3 rings (SSSR count). The van der Waals surface area contributed by atoms with Crippen molar-refractivity contribution in [1.29, 1.82) is 0 Å². The van der Waals surface area contributed by atoms with Crippen LogP contribution in [-0.4, -0.2) is 49.0 Å². The van der Waals surface area contributed by atoms with Gasteiger partial charge in [0.2, 0.25) is 0 Å². The van der Waals surface area contributed by atoms with Gasteiger partial charge in [-0.25, -0.2) is 14.5 Å². The van der Waals surface area contributed by atoms with Crippen LogP contribution in [0.2, 0.25) is 0 Å². The molecule has 0 saturated carbocycles. The molecule has 2 aromatic heterocycles. The lowest BCUT2D eigenvalue weighted by atomic mass is 10.1. The van der Waals surface area contributed by atoms with E-state index in [1.165, 1.54) is 6.33 Å². The summed E-state index contributed by atoms with van der Waals surface area (Å²) < 4.78 is 1.83. The van der Waals surface area contributed by atoms with Crippen LogP contribution in [-0.2, 0) is 6.54 Å². The molecule has 8 nitrogen and oxygen atoms in total. The van der Waals surface area contributed by atoms with E-state index in [-0.39, 0.29) is 12.1 Å². The fraction of sp³-hybridized carbons (Fsp3) is 0.643. The first kappa shape index (κ1) is 15.9. The fourth-order valence-electron chi connectivity index (χ4n) is 2.60. The molecule has 0 aliphatic carbocycles. The van der Waals surface area contributed by atoms with Crippen LogP contribution in [0.25, 0.3) is 0 Å². The Morgan fingerprint density at radius 2 is 2.35 bits per heavy atom. The number of likely N-dealkylation sites (tertiary alicyclic amines) is 1. The van der Waals surface area contributed by atoms with Crippen molar-refractivity contribution >= 4 is 17.4 Å². The summed E-state index contributed by atoms with van der Waals surface area (Å²) in [6, 6.07) is 0.141. The van der Waals surface area contributed by atoms with Gasteiger partial charge in [-0.15, -0.1) is 10.2 Å². The molecule has 0 radical (unpaired) electrons. The third-order valence-corrected chi connectivity index (χ3v) is 5.09. The summed E-state index contributed by atoms with van der Waals surface area (Å²) in [5.74, 6) is 0.363. The quantitative estimate of drug-likeness (QED) is 0.920. The SMILES string of the molecule is CC(C)c1nnc(CNC(=O)N2CCC[C@H](n3cncn3)C2)s1. The van der Waals surface area contributed by atoms with E-state index in [1.807, 2.05) is 9.58 Å². The predicted octanol–water partition coefficient (Wildman–Crippen LogP) is 1.80. The lowest BCUT2D eigenvalue weighted by Crippen LogP contribution is -2.45. The molecule has 2 amide bonds. The summed E-state index contributed by atoms with van der Waals surface area (Å²) in [6.45, 7) is 6.02. The van der Waals surface area contributed by atoms with E-state index in [0.717, 1.165) is 29.4 Å². The number of nitrogens with one attached hydrogen (secondary N) is 1. The fourth-order valence-corrected chi connectivity index (χ4v) is 3.38. The van der Waals surface area contributed by atoms with Crippen molar-refractivity contribution in [1.82, 2.24) is 35.2 Å². The van der Waals surface area contributed by atoms with Gasteiger partial charge in [0, 0.05) is 19.0 Å². The van der Waals surface area contributed by atoms with Crippen LogP contribution in [0.5, 0.6) is 0 Å². The van der Waals surface area contributed by atoms with Gasteiger partial charge in [0.1, 0.15) is 22.7 Å². The van der Waals surface area contributed by atoms with Crippen molar-refractivity contribution in [2.45, 2.75) is 45.2 Å². The molecule has 9 heteroatoms. The van der Waals surface area contributed by atoms with E-state index in [1.54, 1.807) is 17.7 Å². The molecule has 1 aliphatic rings. The van der Waals surface area contributed by atoms with Crippen molar-refractivity contribution in [2.75, 3.05) is 13.1 Å². The van der Waals surface area contributed by atoms with Crippen LogP contribution in [0.15, 0.2) is 12.7 Å². The van der Waals surface area contributed by atoms with Gasteiger partial charge in [-0.05, 0) is 12.8 Å². The van der Waals surface area contributed by atoms with Crippen molar-refractivity contribution < 1.29 is 4.79 Å². The number of urea groups is 1. The average molecular weight is 335 g/mol. The van der Waals surface area contributed by atoms with Gasteiger partial charge in [-0.3, -0.25) is 0 Å². The monoisotopic (exact) mass is 335 g/mol. The Hall–Kier alpha value is -2.03. The molecule has 1 aliphatic heterocycles. The zero-order valence-corrected chi connectivity index (χ0v) is 14.2. The second kappa shape index (κ2) is 7.03. The van der Waals surface area contributed by atoms with Gasteiger partial charge in [0.05, 0.1) is 12.6 Å². The lowest BCUT2D eigenvalue weighted by molar-refractivity contribution is 0.163. The molecular weight excluding hydrogens is 314 g/mol. The normalized spacial score (nSPS) is 18.4. The number of aromatic nitrogens is 5. The van der Waals surface area contributed by atoms with Gasteiger partial charge in [0.25, 0.3) is 0 Å². The van der Waals surface area contributed by atoms with Gasteiger partial charge in [-0.2, -0.15) is 5.10 Å². The maximum atomic E-state index is 12.4. The van der Waals surface area contributed by atoms with Crippen LogP contribution in [0.4, 0.5) is 4.79 Å². The van der Waals surface area contributed by atoms with Crippen LogP contribution < -0.4 is 5.32 Å². The minimum absolute atomic E-state index is 0.0592. The number of hydrogen-bond donors (Lipinski definition) is 1. The topological polar surface area (TPSA) is 88.8 Å². The van der Waals surface area contributed by atoms with Gasteiger partial charge in [0.15, 0.2) is 0 Å². The van der Waals surface area contributed by atoms with Crippen LogP contribution in [0, 0.1) is 0 Å². The predicted molar refractivity (Wildman–Crippen MR) is 86.1 cm³/mol. The van der Waals surface area contributed by atoms with Crippen molar-refractivity contribution in [3.8, 4) is 0 Å². The molecule has 0 bridgehead atoms. The van der Waals surface area contributed by atoms with Crippen molar-refractivity contribution in [3.63, 3.8) is 0 Å². The number of rotatable bonds is 4. The highest BCUT2D eigenvalue weighted by molar-refractivity contribution is 7.11. The summed E-state index contributed by atoms with van der Waals surface area (Å²) in [6.07, 6.45) is 5.22. The number of piperidine rings is 1. The van der Waals surface area contributed by atoms with Crippen molar-refractivity contribution in [2.24, 2.45) is 0 Å². The standard InChI is InChI=1S/C14H21N7OS/c1-10(2)13-19-18-12(23-13)6-16-14(22)20-5-3-4-11(7-20)21-9-15-8-17-21/h8-11H,3-7H2,1-2H3,(H,16,22)/t11-/m0/s1. The first-order valence-corrected chi connectivity index (χ1v) is 8.64. The third-order valence-electron chi connectivity index (χ3n) is 3.86. The summed E-state index contributed by atoms with van der Waals surface area (Å²) in [5.41, 5.74) is 0. The number of amides is 2. The highest BCUT2D eigenvalue weighted by Crippen LogP contribution is 2.21. The molecular formula is C14H21N7OS.